The number of carbonyl (C=O) groups is 1. The van der Waals surface area contributed by atoms with E-state index in [4.69, 9.17) is 12.2 Å². The van der Waals surface area contributed by atoms with Gasteiger partial charge in [0.2, 0.25) is 0 Å². The summed E-state index contributed by atoms with van der Waals surface area (Å²) < 4.78 is 0. The number of rotatable bonds is 6. The highest BCUT2D eigenvalue weighted by molar-refractivity contribution is 7.80. The average Bonchev–Trinajstić information content (AvgIpc) is 2.37. The number of nitrogens with one attached hydrogen (secondary N) is 2. The number of nitrogens with zero attached hydrogens (tertiary/aromatic N) is 1. The molecular weight excluding hydrogens is 246 g/mol. The summed E-state index contributed by atoms with van der Waals surface area (Å²) in [5.41, 5.74) is 1.11. The molecule has 98 valence electrons. The van der Waals surface area contributed by atoms with E-state index in [0.717, 1.165) is 11.8 Å². The zero-order valence-corrected chi connectivity index (χ0v) is 11.5. The molecule has 0 aromatic heterocycles. The van der Waals surface area contributed by atoms with Crippen LogP contribution in [0.1, 0.15) is 5.56 Å². The van der Waals surface area contributed by atoms with Crippen LogP contribution in [0.3, 0.4) is 0 Å². The zero-order chi connectivity index (χ0) is 13.4. The van der Waals surface area contributed by atoms with Crippen LogP contribution in [0, 0.1) is 0 Å². The summed E-state index contributed by atoms with van der Waals surface area (Å²) in [5, 5.41) is 6.51. The Morgan fingerprint density at radius 3 is 2.61 bits per heavy atom. The lowest BCUT2D eigenvalue weighted by molar-refractivity contribution is -0.109. The lowest BCUT2D eigenvalue weighted by atomic mass is 10.1. The number of benzene rings is 1. The number of carbonyl (C=O) groups excluding carboxylic acids is 1. The maximum atomic E-state index is 11.0. The Kier molecular flexibility index (Phi) is 6.32. The molecular formula is C13H19N3OS. The molecule has 0 radical (unpaired) electrons. The van der Waals surface area contributed by atoms with E-state index in [0.29, 0.717) is 18.2 Å². The van der Waals surface area contributed by atoms with Gasteiger partial charge >= 0.3 is 0 Å². The van der Waals surface area contributed by atoms with Crippen molar-refractivity contribution in [3.8, 4) is 0 Å². The summed E-state index contributed by atoms with van der Waals surface area (Å²) in [7, 11) is 3.88. The third kappa shape index (κ3) is 5.75. The summed E-state index contributed by atoms with van der Waals surface area (Å²) in [5.74, 6) is 0. The molecule has 0 aliphatic rings. The number of hydrogen-bond acceptors (Lipinski definition) is 3. The number of thiocarbonyl (C=S) groups is 1. The van der Waals surface area contributed by atoms with E-state index in [-0.39, 0.29) is 6.04 Å². The summed E-state index contributed by atoms with van der Waals surface area (Å²) in [6.07, 6.45) is 1.52. The van der Waals surface area contributed by atoms with Crippen molar-refractivity contribution in [3.63, 3.8) is 0 Å². The van der Waals surface area contributed by atoms with Gasteiger partial charge in [-0.1, -0.05) is 30.3 Å². The van der Waals surface area contributed by atoms with Crippen LogP contribution in [0.15, 0.2) is 30.3 Å². The van der Waals surface area contributed by atoms with Crippen molar-refractivity contribution in [1.82, 2.24) is 15.5 Å². The Bertz CT molecular complexity index is 381. The zero-order valence-electron chi connectivity index (χ0n) is 10.7. The van der Waals surface area contributed by atoms with Gasteiger partial charge in [-0.15, -0.1) is 0 Å². The molecule has 0 spiro atoms. The van der Waals surface area contributed by atoms with E-state index in [1.54, 1.807) is 0 Å². The van der Waals surface area contributed by atoms with Crippen molar-refractivity contribution >= 4 is 23.6 Å². The number of hydrogen-bond donors (Lipinski definition) is 2. The van der Waals surface area contributed by atoms with Crippen LogP contribution in [0.2, 0.25) is 0 Å². The van der Waals surface area contributed by atoms with E-state index >= 15 is 0 Å². The maximum absolute atomic E-state index is 11.0. The summed E-state index contributed by atoms with van der Waals surface area (Å²) in [4.78, 5) is 13.0. The topological polar surface area (TPSA) is 44.4 Å². The Morgan fingerprint density at radius 2 is 2.06 bits per heavy atom. The summed E-state index contributed by atoms with van der Waals surface area (Å²) in [6, 6.07) is 9.56. The third-order valence-electron chi connectivity index (χ3n) is 2.34. The second kappa shape index (κ2) is 7.79. The van der Waals surface area contributed by atoms with Gasteiger partial charge in [0, 0.05) is 0 Å². The van der Waals surface area contributed by atoms with Gasteiger partial charge in [-0.2, -0.15) is 0 Å². The fraction of sp³-hybridized carbons (Fsp3) is 0.385. The quantitative estimate of drug-likeness (QED) is 0.452. The van der Waals surface area contributed by atoms with Gasteiger partial charge in [0.25, 0.3) is 0 Å². The van der Waals surface area contributed by atoms with E-state index in [1.807, 2.05) is 49.3 Å². The molecule has 0 aliphatic heterocycles. The molecule has 1 aromatic carbocycles. The standard InChI is InChI=1S/C13H19N3OS/c1-16(2)10-14-13(18)15-12(9-17)8-11-6-4-3-5-7-11/h3-7,9,12H,8,10H2,1-2H3,(H2,14,15,18). The molecule has 18 heavy (non-hydrogen) atoms. The van der Waals surface area contributed by atoms with Crippen molar-refractivity contribution in [2.75, 3.05) is 20.8 Å². The van der Waals surface area contributed by atoms with E-state index in [1.165, 1.54) is 0 Å². The molecule has 1 aromatic rings. The van der Waals surface area contributed by atoms with Gasteiger partial charge < -0.3 is 15.4 Å². The molecule has 0 heterocycles. The first kappa shape index (κ1) is 14.6. The Balaban J connectivity index is 2.42. The highest BCUT2D eigenvalue weighted by Crippen LogP contribution is 2.01. The average molecular weight is 265 g/mol. The SMILES string of the molecule is CN(C)CNC(=S)NC(C=O)Cc1ccccc1. The summed E-state index contributed by atoms with van der Waals surface area (Å²) >= 11 is 5.12. The van der Waals surface area contributed by atoms with Gasteiger partial charge in [0.1, 0.15) is 6.29 Å². The van der Waals surface area contributed by atoms with Crippen molar-refractivity contribution in [3.05, 3.63) is 35.9 Å². The molecule has 4 nitrogen and oxygen atoms in total. The van der Waals surface area contributed by atoms with Gasteiger partial charge in [-0.25, -0.2) is 0 Å². The molecule has 5 heteroatoms. The molecule has 1 atom stereocenters. The van der Waals surface area contributed by atoms with Crippen LogP contribution in [-0.2, 0) is 11.2 Å². The van der Waals surface area contributed by atoms with Gasteiger partial charge in [-0.05, 0) is 38.3 Å². The fourth-order valence-corrected chi connectivity index (χ4v) is 1.67. The molecule has 1 unspecified atom stereocenters. The van der Waals surface area contributed by atoms with Crippen LogP contribution in [-0.4, -0.2) is 43.1 Å². The third-order valence-corrected chi connectivity index (χ3v) is 2.60. The maximum Gasteiger partial charge on any atom is 0.167 e. The normalized spacial score (nSPS) is 11.9. The van der Waals surface area contributed by atoms with Gasteiger partial charge in [0.15, 0.2) is 5.11 Å². The Hall–Kier alpha value is -1.46. The predicted octanol–water partition coefficient (Wildman–Crippen LogP) is 0.780. The molecule has 0 saturated heterocycles. The minimum atomic E-state index is -0.297. The molecule has 0 fully saturated rings. The van der Waals surface area contributed by atoms with Crippen LogP contribution in [0.5, 0.6) is 0 Å². The molecule has 0 amide bonds. The first-order valence-corrected chi connectivity index (χ1v) is 6.21. The second-order valence-corrected chi connectivity index (χ2v) is 4.73. The second-order valence-electron chi connectivity index (χ2n) is 4.32. The number of aldehydes is 1. The first-order valence-electron chi connectivity index (χ1n) is 5.80. The lowest BCUT2D eigenvalue weighted by Gasteiger charge is -2.18. The van der Waals surface area contributed by atoms with Gasteiger partial charge in [0.05, 0.1) is 12.7 Å². The van der Waals surface area contributed by atoms with Crippen LogP contribution in [0.25, 0.3) is 0 Å². The largest absolute Gasteiger partial charge is 0.353 e. The minimum Gasteiger partial charge on any atom is -0.353 e. The summed E-state index contributed by atoms with van der Waals surface area (Å²) in [6.45, 7) is 0.642. The Labute approximate surface area is 113 Å². The Morgan fingerprint density at radius 1 is 1.39 bits per heavy atom. The van der Waals surface area contributed by atoms with Gasteiger partial charge in [-0.3, -0.25) is 4.90 Å². The minimum absolute atomic E-state index is 0.297. The van der Waals surface area contributed by atoms with Crippen molar-refractivity contribution in [2.45, 2.75) is 12.5 Å². The monoisotopic (exact) mass is 265 g/mol. The highest BCUT2D eigenvalue weighted by Gasteiger charge is 2.09. The van der Waals surface area contributed by atoms with Crippen LogP contribution in [0.4, 0.5) is 0 Å². The first-order chi connectivity index (χ1) is 8.61. The highest BCUT2D eigenvalue weighted by atomic mass is 32.1. The van der Waals surface area contributed by atoms with Crippen molar-refractivity contribution in [1.29, 1.82) is 0 Å². The molecule has 0 bridgehead atoms. The smallest absolute Gasteiger partial charge is 0.167 e. The van der Waals surface area contributed by atoms with Crippen molar-refractivity contribution in [2.24, 2.45) is 0 Å². The van der Waals surface area contributed by atoms with Crippen LogP contribution >= 0.6 is 12.2 Å². The molecule has 0 saturated carbocycles. The van der Waals surface area contributed by atoms with Crippen LogP contribution < -0.4 is 10.6 Å². The fourth-order valence-electron chi connectivity index (χ4n) is 1.45. The van der Waals surface area contributed by atoms with E-state index in [2.05, 4.69) is 10.6 Å². The van der Waals surface area contributed by atoms with Crippen molar-refractivity contribution < 1.29 is 4.79 Å². The lowest BCUT2D eigenvalue weighted by Crippen LogP contribution is -2.46. The predicted molar refractivity (Wildman–Crippen MR) is 77.4 cm³/mol. The van der Waals surface area contributed by atoms with E-state index < -0.39 is 0 Å². The molecule has 0 aliphatic carbocycles. The molecule has 1 rings (SSSR count). The van der Waals surface area contributed by atoms with E-state index in [9.17, 15) is 4.79 Å². The molecule has 2 N–H and O–H groups in total.